The lowest BCUT2D eigenvalue weighted by Gasteiger charge is -2.44. The minimum absolute atomic E-state index is 0.123. The summed E-state index contributed by atoms with van der Waals surface area (Å²) < 4.78 is 0. The van der Waals surface area contributed by atoms with E-state index in [1.165, 1.54) is 0 Å². The van der Waals surface area contributed by atoms with Gasteiger partial charge in [0.15, 0.2) is 10.3 Å². The quantitative estimate of drug-likeness (QED) is 0.301. The molecule has 1 aliphatic carbocycles. The van der Waals surface area contributed by atoms with Crippen molar-refractivity contribution in [1.29, 1.82) is 0 Å². The summed E-state index contributed by atoms with van der Waals surface area (Å²) in [4.78, 5) is 17.6. The fraction of sp³-hybridized carbons (Fsp3) is 0.300. The molecule has 2 aliphatic rings. The minimum Gasteiger partial charge on any atom is -0.493 e. The van der Waals surface area contributed by atoms with E-state index in [0.29, 0.717) is 5.57 Å². The van der Waals surface area contributed by atoms with Crippen LogP contribution in [-0.2, 0) is 0 Å². The van der Waals surface area contributed by atoms with Gasteiger partial charge in [-0.15, -0.1) is 25.3 Å². The van der Waals surface area contributed by atoms with Crippen LogP contribution >= 0.6 is 25.3 Å². The van der Waals surface area contributed by atoms with E-state index in [-0.39, 0.29) is 21.4 Å². The van der Waals surface area contributed by atoms with Crippen LogP contribution in [0.15, 0.2) is 46.3 Å². The Labute approximate surface area is 189 Å². The van der Waals surface area contributed by atoms with Crippen LogP contribution in [0.4, 0.5) is 0 Å². The first-order valence-electron chi connectivity index (χ1n) is 9.51. The zero-order valence-corrected chi connectivity index (χ0v) is 18.3. The number of nitrogens with zero attached hydrogens (tertiary/aromatic N) is 5. The predicted octanol–water partition coefficient (Wildman–Crippen LogP) is 2.32. The lowest BCUT2D eigenvalue weighted by molar-refractivity contribution is 0.107. The summed E-state index contributed by atoms with van der Waals surface area (Å²) in [6.07, 6.45) is 10.5. The Kier molecular flexibility index (Phi) is 5.58. The van der Waals surface area contributed by atoms with Gasteiger partial charge in [0, 0.05) is 13.1 Å². The zero-order chi connectivity index (χ0) is 22.3. The third-order valence-electron chi connectivity index (χ3n) is 5.53. The Bertz CT molecular complexity index is 1030. The van der Waals surface area contributed by atoms with Crippen LogP contribution < -0.4 is 0 Å². The van der Waals surface area contributed by atoms with Gasteiger partial charge in [-0.05, 0) is 18.9 Å². The van der Waals surface area contributed by atoms with Gasteiger partial charge in [0.05, 0.1) is 22.6 Å². The molecule has 4 rings (SSSR count). The minimum atomic E-state index is -1.08. The molecule has 0 radical (unpaired) electrons. The van der Waals surface area contributed by atoms with Gasteiger partial charge in [0.1, 0.15) is 0 Å². The van der Waals surface area contributed by atoms with Crippen molar-refractivity contribution in [3.05, 3.63) is 47.1 Å². The average Bonchev–Trinajstić information content (AvgIpc) is 2.79. The molecule has 162 valence electrons. The highest BCUT2D eigenvalue weighted by atomic mass is 32.1. The van der Waals surface area contributed by atoms with Crippen molar-refractivity contribution in [3.8, 4) is 23.5 Å². The number of aromatic hydroxyl groups is 4. The summed E-state index contributed by atoms with van der Waals surface area (Å²) in [6, 6.07) is 0. The third kappa shape index (κ3) is 3.95. The summed E-state index contributed by atoms with van der Waals surface area (Å²) >= 11 is 7.96. The normalized spacial score (nSPS) is 21.1. The largest absolute Gasteiger partial charge is 0.493 e. The molecule has 0 amide bonds. The molecule has 0 bridgehead atoms. The number of thiol groups is 2. The molecule has 1 saturated heterocycles. The van der Waals surface area contributed by atoms with E-state index in [1.807, 2.05) is 25.2 Å². The lowest BCUT2D eigenvalue weighted by Crippen LogP contribution is -2.51. The van der Waals surface area contributed by atoms with Crippen molar-refractivity contribution in [3.63, 3.8) is 0 Å². The van der Waals surface area contributed by atoms with Gasteiger partial charge in [-0.1, -0.05) is 30.4 Å². The van der Waals surface area contributed by atoms with Gasteiger partial charge in [-0.25, -0.2) is 0 Å². The van der Waals surface area contributed by atoms with Gasteiger partial charge >= 0.3 is 0 Å². The number of allylic oxidation sites excluding steroid dienone is 4. The summed E-state index contributed by atoms with van der Waals surface area (Å²) in [5, 5.41) is 42.1. The van der Waals surface area contributed by atoms with Gasteiger partial charge < -0.3 is 20.4 Å². The molecule has 3 heterocycles. The van der Waals surface area contributed by atoms with E-state index in [9.17, 15) is 20.4 Å². The molecule has 0 saturated carbocycles. The van der Waals surface area contributed by atoms with Gasteiger partial charge in [0.25, 0.3) is 0 Å². The topological polar surface area (TPSA) is 136 Å². The predicted molar refractivity (Wildman–Crippen MR) is 118 cm³/mol. The maximum absolute atomic E-state index is 10.6. The fourth-order valence-corrected chi connectivity index (χ4v) is 4.27. The maximum Gasteiger partial charge on any atom is 0.223 e. The van der Waals surface area contributed by atoms with Crippen LogP contribution in [0.1, 0.15) is 30.4 Å². The first kappa shape index (κ1) is 21.5. The molecule has 0 aromatic carbocycles. The summed E-state index contributed by atoms with van der Waals surface area (Å²) in [5.74, 6) is -3.27. The Balaban J connectivity index is 1.98. The van der Waals surface area contributed by atoms with Crippen molar-refractivity contribution < 1.29 is 20.4 Å². The van der Waals surface area contributed by atoms with E-state index >= 15 is 0 Å². The summed E-state index contributed by atoms with van der Waals surface area (Å²) in [7, 11) is 0. The van der Waals surface area contributed by atoms with E-state index in [2.05, 4.69) is 50.1 Å². The molecule has 1 aliphatic heterocycles. The molecule has 0 spiro atoms. The van der Waals surface area contributed by atoms with Gasteiger partial charge in [-0.2, -0.15) is 19.9 Å². The van der Waals surface area contributed by atoms with Crippen LogP contribution in [0.25, 0.3) is 0 Å². The second-order valence-electron chi connectivity index (χ2n) is 7.53. The molecule has 2 aromatic rings. The molecular formula is C20H21N5O4S2. The van der Waals surface area contributed by atoms with E-state index in [4.69, 9.17) is 0 Å². The van der Waals surface area contributed by atoms with Crippen LogP contribution in [0.3, 0.4) is 0 Å². The number of rotatable bonds is 4. The maximum atomic E-state index is 10.6. The molecule has 1 unspecified atom stereocenters. The second kappa shape index (κ2) is 8.06. The Hall–Kier alpha value is -2.76. The highest BCUT2D eigenvalue weighted by Gasteiger charge is 2.37. The summed E-state index contributed by atoms with van der Waals surface area (Å²) in [6.45, 7) is 3.86. The van der Waals surface area contributed by atoms with Gasteiger partial charge in [0.2, 0.25) is 23.5 Å². The van der Waals surface area contributed by atoms with Crippen molar-refractivity contribution in [2.45, 2.75) is 35.1 Å². The summed E-state index contributed by atoms with van der Waals surface area (Å²) in [5.41, 5.74) is -0.160. The molecule has 9 nitrogen and oxygen atoms in total. The highest BCUT2D eigenvalue weighted by molar-refractivity contribution is 7.80. The number of likely N-dealkylation sites (tertiary alicyclic amines) is 1. The van der Waals surface area contributed by atoms with Crippen molar-refractivity contribution in [2.75, 3.05) is 13.1 Å². The molecule has 1 atom stereocenters. The zero-order valence-electron chi connectivity index (χ0n) is 16.5. The molecule has 2 aromatic heterocycles. The Morgan fingerprint density at radius 1 is 0.871 bits per heavy atom. The van der Waals surface area contributed by atoms with Crippen LogP contribution in [-0.4, -0.2) is 63.9 Å². The number of hydrogen-bond donors (Lipinski definition) is 6. The Morgan fingerprint density at radius 2 is 1.35 bits per heavy atom. The van der Waals surface area contributed by atoms with Crippen LogP contribution in [0.5, 0.6) is 23.5 Å². The molecule has 31 heavy (non-hydrogen) atoms. The van der Waals surface area contributed by atoms with Crippen LogP contribution in [0.2, 0.25) is 0 Å². The first-order chi connectivity index (χ1) is 14.7. The lowest BCUT2D eigenvalue weighted by atomic mass is 9.82. The van der Waals surface area contributed by atoms with Crippen molar-refractivity contribution in [2.24, 2.45) is 0 Å². The molecule has 4 N–H and O–H groups in total. The number of hydrogen-bond acceptors (Lipinski definition) is 11. The standard InChI is InChI=1S/C20H21N5O4S2/c1-20(25-7-4-8-25)6-3-2-5-10(9-20)11(12-14(26)21-18(30)22-15(12)27)13-16(28)23-19(31)24-17(13)29/h2-3,5-6,9,11H,4,7-8H2,1H3,(H3,21,22,26,27,30)(H3,23,24,28,29,31). The molecule has 1 fully saturated rings. The van der Waals surface area contributed by atoms with Crippen molar-refractivity contribution >= 4 is 25.3 Å². The SMILES string of the molecule is CC1(N2CCC2)C=CC=CC(C(c2c(O)nc(S)nc2O)c2c(O)nc(S)nc2O)=C1. The van der Waals surface area contributed by atoms with E-state index < -0.39 is 35.0 Å². The van der Waals surface area contributed by atoms with Crippen LogP contribution in [0, 0.1) is 0 Å². The Morgan fingerprint density at radius 3 is 1.77 bits per heavy atom. The number of aromatic nitrogens is 4. The first-order valence-corrected chi connectivity index (χ1v) is 10.4. The van der Waals surface area contributed by atoms with Crippen molar-refractivity contribution in [1.82, 2.24) is 24.8 Å². The fourth-order valence-electron chi connectivity index (χ4n) is 3.89. The van der Waals surface area contributed by atoms with E-state index in [0.717, 1.165) is 19.5 Å². The molecular weight excluding hydrogens is 438 g/mol. The smallest absolute Gasteiger partial charge is 0.223 e. The second-order valence-corrected chi connectivity index (χ2v) is 8.33. The monoisotopic (exact) mass is 459 g/mol. The van der Waals surface area contributed by atoms with Gasteiger partial charge in [-0.3, -0.25) is 4.90 Å². The van der Waals surface area contributed by atoms with E-state index in [1.54, 1.807) is 12.2 Å². The highest BCUT2D eigenvalue weighted by Crippen LogP contribution is 2.47. The average molecular weight is 460 g/mol. The molecule has 11 heteroatoms. The third-order valence-corrected chi connectivity index (χ3v) is 5.93.